The summed E-state index contributed by atoms with van der Waals surface area (Å²) < 4.78 is 77.7. The van der Waals surface area contributed by atoms with E-state index in [0.29, 0.717) is 61.8 Å². The molecule has 220 valence electrons. The Hall–Kier alpha value is -3.70. The minimum Gasteiger partial charge on any atom is -0.490 e. The molecule has 1 amide bonds. The molecule has 8 nitrogen and oxygen atoms in total. The minimum absolute atomic E-state index is 0.0605. The largest absolute Gasteiger partial charge is 0.586 e. The second-order valence-corrected chi connectivity index (χ2v) is 11.0. The van der Waals surface area contributed by atoms with E-state index in [1.54, 1.807) is 12.1 Å². The van der Waals surface area contributed by atoms with Gasteiger partial charge in [-0.2, -0.15) is 8.78 Å². The fraction of sp³-hybridized carbons (Fsp3) is 0.517. The molecular formula is C29H29F4NO7. The van der Waals surface area contributed by atoms with Crippen LogP contribution in [0, 0.1) is 11.8 Å². The van der Waals surface area contributed by atoms with E-state index in [9.17, 15) is 27.2 Å². The first-order valence-corrected chi connectivity index (χ1v) is 13.6. The predicted octanol–water partition coefficient (Wildman–Crippen LogP) is 5.63. The third kappa shape index (κ3) is 5.36. The Morgan fingerprint density at radius 3 is 2.39 bits per heavy atom. The van der Waals surface area contributed by atoms with Crippen LogP contribution in [0.15, 0.2) is 36.4 Å². The van der Waals surface area contributed by atoms with Gasteiger partial charge >= 0.3 is 18.9 Å². The summed E-state index contributed by atoms with van der Waals surface area (Å²) in [6.45, 7) is -3.01. The summed E-state index contributed by atoms with van der Waals surface area (Å²) >= 11 is 0. The first-order valence-electron chi connectivity index (χ1n) is 13.6. The topological polar surface area (TPSA) is 92.3 Å². The molecule has 0 unspecified atom stereocenters. The molecule has 0 spiro atoms. The van der Waals surface area contributed by atoms with Gasteiger partial charge in [0, 0.05) is 18.1 Å². The molecular weight excluding hydrogens is 550 g/mol. The zero-order chi connectivity index (χ0) is 28.9. The number of carbonyl (C=O) groups is 2. The quantitative estimate of drug-likeness (QED) is 0.336. The highest BCUT2D eigenvalue weighted by Gasteiger charge is 2.53. The number of alkyl halides is 4. The number of halogens is 4. The van der Waals surface area contributed by atoms with E-state index in [4.69, 9.17) is 9.47 Å². The van der Waals surface area contributed by atoms with Crippen molar-refractivity contribution in [2.75, 3.05) is 7.11 Å². The first-order chi connectivity index (χ1) is 19.6. The standard InChI is InChI=1S/C29H29F4NO7/c1-37-25(35)16-4-2-15(3-5-16)22-14-20(19-8-7-18(38-27(30)31)13-23(19)39-22)34-26(36)28(10-11-28)17-6-9-21-24(12-17)41-29(32,33)40-21/h6-9,12-13,15-16,20,22,27H,2-5,10-11,14H2,1H3,(H,34,36)/t15-,16+,20-,22-/m1/s1. The van der Waals surface area contributed by atoms with Crippen LogP contribution in [0.2, 0.25) is 0 Å². The molecule has 2 fully saturated rings. The molecule has 2 aliphatic heterocycles. The Morgan fingerprint density at radius 2 is 1.71 bits per heavy atom. The monoisotopic (exact) mass is 579 g/mol. The Balaban J connectivity index is 1.23. The molecule has 2 aliphatic carbocycles. The van der Waals surface area contributed by atoms with Gasteiger partial charge < -0.3 is 29.0 Å². The highest BCUT2D eigenvalue weighted by atomic mass is 19.3. The molecule has 6 rings (SSSR count). The number of hydrogen-bond donors (Lipinski definition) is 1. The summed E-state index contributed by atoms with van der Waals surface area (Å²) in [5.74, 6) is -0.554. The van der Waals surface area contributed by atoms with Crippen molar-refractivity contribution >= 4 is 11.9 Å². The maximum absolute atomic E-state index is 13.7. The number of ether oxygens (including phenoxy) is 5. The summed E-state index contributed by atoms with van der Waals surface area (Å²) in [5, 5.41) is 3.12. The van der Waals surface area contributed by atoms with Crippen molar-refractivity contribution in [1.29, 1.82) is 0 Å². The number of nitrogens with one attached hydrogen (secondary N) is 1. The number of rotatable bonds is 7. The van der Waals surface area contributed by atoms with E-state index in [0.717, 1.165) is 0 Å². The molecule has 0 saturated heterocycles. The van der Waals surface area contributed by atoms with Crippen LogP contribution in [0.4, 0.5) is 17.6 Å². The highest BCUT2D eigenvalue weighted by molar-refractivity contribution is 5.92. The number of methoxy groups -OCH3 is 1. The van der Waals surface area contributed by atoms with Crippen LogP contribution in [0.25, 0.3) is 0 Å². The number of esters is 1. The molecule has 2 heterocycles. The Morgan fingerprint density at radius 1 is 0.976 bits per heavy atom. The van der Waals surface area contributed by atoms with Crippen molar-refractivity contribution in [3.05, 3.63) is 47.5 Å². The van der Waals surface area contributed by atoms with Crippen LogP contribution in [-0.4, -0.2) is 38.0 Å². The maximum Gasteiger partial charge on any atom is 0.586 e. The summed E-state index contributed by atoms with van der Waals surface area (Å²) in [4.78, 5) is 25.7. The molecule has 2 saturated carbocycles. The van der Waals surface area contributed by atoms with Gasteiger partial charge in [0.25, 0.3) is 0 Å². The van der Waals surface area contributed by atoms with Gasteiger partial charge in [-0.1, -0.05) is 6.07 Å². The number of hydrogen-bond acceptors (Lipinski definition) is 7. The van der Waals surface area contributed by atoms with Crippen LogP contribution >= 0.6 is 0 Å². The van der Waals surface area contributed by atoms with E-state index in [-0.39, 0.29) is 47.1 Å². The van der Waals surface area contributed by atoms with Crippen LogP contribution in [0.5, 0.6) is 23.0 Å². The lowest BCUT2D eigenvalue weighted by Crippen LogP contribution is -2.43. The van der Waals surface area contributed by atoms with E-state index < -0.39 is 24.4 Å². The molecule has 0 bridgehead atoms. The fourth-order valence-corrected chi connectivity index (χ4v) is 6.28. The molecule has 1 N–H and O–H groups in total. The fourth-order valence-electron chi connectivity index (χ4n) is 6.28. The van der Waals surface area contributed by atoms with Crippen molar-refractivity contribution in [3.63, 3.8) is 0 Å². The van der Waals surface area contributed by atoms with Crippen molar-refractivity contribution in [1.82, 2.24) is 5.32 Å². The summed E-state index contributed by atoms with van der Waals surface area (Å²) in [7, 11) is 1.37. The average molecular weight is 580 g/mol. The number of fused-ring (bicyclic) bond motifs is 2. The van der Waals surface area contributed by atoms with Gasteiger partial charge in [-0.15, -0.1) is 8.78 Å². The zero-order valence-electron chi connectivity index (χ0n) is 22.2. The number of amides is 1. The molecule has 0 radical (unpaired) electrons. The number of carbonyl (C=O) groups excluding carboxylic acids is 2. The molecule has 2 aromatic rings. The van der Waals surface area contributed by atoms with E-state index >= 15 is 0 Å². The second-order valence-electron chi connectivity index (χ2n) is 11.0. The number of benzene rings is 2. The van der Waals surface area contributed by atoms with Gasteiger partial charge in [-0.3, -0.25) is 9.59 Å². The molecule has 2 atom stereocenters. The van der Waals surface area contributed by atoms with Gasteiger partial charge in [0.05, 0.1) is 24.5 Å². The van der Waals surface area contributed by atoms with Crippen LogP contribution in [0.3, 0.4) is 0 Å². The minimum atomic E-state index is -3.76. The summed E-state index contributed by atoms with van der Waals surface area (Å²) in [5.41, 5.74) is 0.253. The average Bonchev–Trinajstić information content (AvgIpc) is 3.69. The van der Waals surface area contributed by atoms with Crippen LogP contribution < -0.4 is 24.3 Å². The van der Waals surface area contributed by atoms with Crippen molar-refractivity contribution in [2.24, 2.45) is 11.8 Å². The highest BCUT2D eigenvalue weighted by Crippen LogP contribution is 2.53. The smallest absolute Gasteiger partial charge is 0.490 e. The zero-order valence-corrected chi connectivity index (χ0v) is 22.2. The van der Waals surface area contributed by atoms with E-state index in [2.05, 4.69) is 19.5 Å². The van der Waals surface area contributed by atoms with Gasteiger partial charge in [0.2, 0.25) is 5.91 Å². The molecule has 0 aromatic heterocycles. The van der Waals surface area contributed by atoms with Gasteiger partial charge in [0.15, 0.2) is 11.5 Å². The predicted molar refractivity (Wildman–Crippen MR) is 134 cm³/mol. The second kappa shape index (κ2) is 10.3. The molecule has 41 heavy (non-hydrogen) atoms. The van der Waals surface area contributed by atoms with Crippen molar-refractivity contribution < 1.29 is 50.8 Å². The van der Waals surface area contributed by atoms with Gasteiger partial charge in [0.1, 0.15) is 17.6 Å². The van der Waals surface area contributed by atoms with Crippen molar-refractivity contribution in [3.8, 4) is 23.0 Å². The lowest BCUT2D eigenvalue weighted by Gasteiger charge is -2.39. The third-order valence-electron chi connectivity index (χ3n) is 8.61. The first kappa shape index (κ1) is 27.5. The molecule has 12 heteroatoms. The summed E-state index contributed by atoms with van der Waals surface area (Å²) in [6, 6.07) is 8.28. The lowest BCUT2D eigenvalue weighted by atomic mass is 9.76. The third-order valence-corrected chi connectivity index (χ3v) is 8.61. The maximum atomic E-state index is 13.7. The Kier molecular flexibility index (Phi) is 6.89. The lowest BCUT2D eigenvalue weighted by molar-refractivity contribution is -0.286. The Labute approximate surface area is 233 Å². The van der Waals surface area contributed by atoms with E-state index in [1.807, 2.05) is 0 Å². The van der Waals surface area contributed by atoms with Gasteiger partial charge in [-0.25, -0.2) is 0 Å². The van der Waals surface area contributed by atoms with Crippen molar-refractivity contribution in [2.45, 2.75) is 75.4 Å². The normalized spacial score (nSPS) is 26.9. The molecule has 4 aliphatic rings. The molecule has 2 aromatic carbocycles. The summed E-state index contributed by atoms with van der Waals surface area (Å²) in [6.07, 6.45) is 0.0770. The SMILES string of the molecule is COC(=O)[C@H]1CC[C@@H]([C@H]2C[C@@H](NC(=O)C3(c4ccc5c(c4)OC(F)(F)O5)CC3)c3ccc(OC(F)F)cc3O2)CC1. The van der Waals surface area contributed by atoms with Gasteiger partial charge in [-0.05, 0) is 74.3 Å². The van der Waals surface area contributed by atoms with E-state index in [1.165, 1.54) is 31.4 Å². The van der Waals surface area contributed by atoms with Crippen LogP contribution in [-0.2, 0) is 19.7 Å². The Bertz CT molecular complexity index is 1340. The van der Waals surface area contributed by atoms with Crippen LogP contribution in [0.1, 0.15) is 62.1 Å².